The van der Waals surface area contributed by atoms with Gasteiger partial charge in [-0.25, -0.2) is 0 Å². The molecular formula is C15H18N2O4. The van der Waals surface area contributed by atoms with Crippen molar-refractivity contribution in [1.29, 1.82) is 0 Å². The molecule has 1 unspecified atom stereocenters. The fourth-order valence-corrected chi connectivity index (χ4v) is 2.30. The van der Waals surface area contributed by atoms with Gasteiger partial charge < -0.3 is 15.4 Å². The molecule has 2 N–H and O–H groups in total. The Balaban J connectivity index is 2.03. The van der Waals surface area contributed by atoms with E-state index < -0.39 is 11.5 Å². The number of anilines is 2. The Bertz CT molecular complexity index is 578. The SMILES string of the molecule is CC(=O)Nc1ccc(NC(=O)C2CC(=O)OC2(C)C)cc1. The average Bonchev–Trinajstić information content (AvgIpc) is 2.64. The first kappa shape index (κ1) is 15.0. The highest BCUT2D eigenvalue weighted by atomic mass is 16.6. The van der Waals surface area contributed by atoms with E-state index in [0.29, 0.717) is 11.4 Å². The summed E-state index contributed by atoms with van der Waals surface area (Å²) in [4.78, 5) is 34.5. The first-order valence-corrected chi connectivity index (χ1v) is 6.68. The lowest BCUT2D eigenvalue weighted by Crippen LogP contribution is -2.36. The Labute approximate surface area is 122 Å². The number of ether oxygens (including phenoxy) is 1. The molecule has 0 saturated carbocycles. The smallest absolute Gasteiger partial charge is 0.307 e. The number of hydrogen-bond donors (Lipinski definition) is 2. The molecule has 0 aliphatic carbocycles. The van der Waals surface area contributed by atoms with Gasteiger partial charge in [-0.3, -0.25) is 14.4 Å². The summed E-state index contributed by atoms with van der Waals surface area (Å²) >= 11 is 0. The van der Waals surface area contributed by atoms with Crippen LogP contribution >= 0.6 is 0 Å². The molecule has 21 heavy (non-hydrogen) atoms. The van der Waals surface area contributed by atoms with Gasteiger partial charge in [-0.1, -0.05) is 0 Å². The predicted octanol–water partition coefficient (Wildman–Crippen LogP) is 1.93. The summed E-state index contributed by atoms with van der Waals surface area (Å²) in [5.74, 6) is -1.28. The van der Waals surface area contributed by atoms with Gasteiger partial charge in [-0.15, -0.1) is 0 Å². The second-order valence-corrected chi connectivity index (χ2v) is 5.58. The van der Waals surface area contributed by atoms with Crippen molar-refractivity contribution in [3.63, 3.8) is 0 Å². The zero-order valence-electron chi connectivity index (χ0n) is 12.2. The summed E-state index contributed by atoms with van der Waals surface area (Å²) in [5, 5.41) is 5.40. The van der Waals surface area contributed by atoms with Crippen molar-refractivity contribution >= 4 is 29.2 Å². The molecule has 1 heterocycles. The highest BCUT2D eigenvalue weighted by molar-refractivity contribution is 5.97. The van der Waals surface area contributed by atoms with Crippen LogP contribution in [0.25, 0.3) is 0 Å². The molecule has 0 aromatic heterocycles. The summed E-state index contributed by atoms with van der Waals surface area (Å²) in [7, 11) is 0. The van der Waals surface area contributed by atoms with Crippen LogP contribution in [0.4, 0.5) is 11.4 Å². The lowest BCUT2D eigenvalue weighted by atomic mass is 9.90. The Hall–Kier alpha value is -2.37. The van der Waals surface area contributed by atoms with Crippen LogP contribution in [0, 0.1) is 5.92 Å². The largest absolute Gasteiger partial charge is 0.459 e. The lowest BCUT2D eigenvalue weighted by Gasteiger charge is -2.23. The highest BCUT2D eigenvalue weighted by Gasteiger charge is 2.46. The standard InChI is InChI=1S/C15H18N2O4/c1-9(18)16-10-4-6-11(7-5-10)17-14(20)12-8-13(19)21-15(12,2)3/h4-7,12H,8H2,1-3H3,(H,16,18)(H,17,20). The van der Waals surface area contributed by atoms with Crippen LogP contribution in [0.2, 0.25) is 0 Å². The van der Waals surface area contributed by atoms with E-state index in [4.69, 9.17) is 4.74 Å². The van der Waals surface area contributed by atoms with Crippen molar-refractivity contribution in [2.75, 3.05) is 10.6 Å². The van der Waals surface area contributed by atoms with E-state index in [1.807, 2.05) is 0 Å². The quantitative estimate of drug-likeness (QED) is 0.833. The normalized spacial score (nSPS) is 19.8. The number of hydrogen-bond acceptors (Lipinski definition) is 4. The molecule has 1 aliphatic rings. The van der Waals surface area contributed by atoms with E-state index in [2.05, 4.69) is 10.6 Å². The summed E-state index contributed by atoms with van der Waals surface area (Å²) in [6.45, 7) is 4.87. The zero-order valence-corrected chi connectivity index (χ0v) is 12.2. The third kappa shape index (κ3) is 3.59. The fraction of sp³-hybridized carbons (Fsp3) is 0.400. The van der Waals surface area contributed by atoms with Crippen LogP contribution in [-0.2, 0) is 19.1 Å². The number of amides is 2. The van der Waals surface area contributed by atoms with E-state index in [-0.39, 0.29) is 24.2 Å². The molecule has 2 rings (SSSR count). The van der Waals surface area contributed by atoms with Crippen molar-refractivity contribution in [2.24, 2.45) is 5.92 Å². The van der Waals surface area contributed by atoms with Crippen molar-refractivity contribution in [3.8, 4) is 0 Å². The summed E-state index contributed by atoms with van der Waals surface area (Å²) in [5.41, 5.74) is 0.460. The maximum absolute atomic E-state index is 12.2. The molecule has 0 bridgehead atoms. The second kappa shape index (κ2) is 5.55. The molecule has 112 valence electrons. The Morgan fingerprint density at radius 2 is 1.67 bits per heavy atom. The van der Waals surface area contributed by atoms with Crippen LogP contribution in [0.15, 0.2) is 24.3 Å². The maximum Gasteiger partial charge on any atom is 0.307 e. The zero-order chi connectivity index (χ0) is 15.6. The first-order chi connectivity index (χ1) is 9.78. The predicted molar refractivity (Wildman–Crippen MR) is 77.7 cm³/mol. The van der Waals surface area contributed by atoms with Crippen molar-refractivity contribution < 1.29 is 19.1 Å². The number of carbonyl (C=O) groups excluding carboxylic acids is 3. The third-order valence-electron chi connectivity index (χ3n) is 3.38. The van der Waals surface area contributed by atoms with Crippen LogP contribution in [0.5, 0.6) is 0 Å². The van der Waals surface area contributed by atoms with E-state index in [1.165, 1.54) is 6.92 Å². The van der Waals surface area contributed by atoms with Gasteiger partial charge in [0.15, 0.2) is 0 Å². The summed E-state index contributed by atoms with van der Waals surface area (Å²) < 4.78 is 5.14. The van der Waals surface area contributed by atoms with Gasteiger partial charge in [-0.2, -0.15) is 0 Å². The minimum absolute atomic E-state index is 0.0861. The Morgan fingerprint density at radius 1 is 1.14 bits per heavy atom. The number of nitrogens with one attached hydrogen (secondary N) is 2. The van der Waals surface area contributed by atoms with E-state index in [1.54, 1.807) is 38.1 Å². The molecule has 6 nitrogen and oxygen atoms in total. The van der Waals surface area contributed by atoms with E-state index in [9.17, 15) is 14.4 Å². The highest BCUT2D eigenvalue weighted by Crippen LogP contribution is 2.33. The number of rotatable bonds is 3. The molecule has 0 spiro atoms. The molecular weight excluding hydrogens is 272 g/mol. The average molecular weight is 290 g/mol. The summed E-state index contributed by atoms with van der Waals surface area (Å²) in [6.07, 6.45) is 0.0861. The molecule has 6 heteroatoms. The van der Waals surface area contributed by atoms with Crippen molar-refractivity contribution in [1.82, 2.24) is 0 Å². The van der Waals surface area contributed by atoms with Gasteiger partial charge in [0.2, 0.25) is 11.8 Å². The topological polar surface area (TPSA) is 84.5 Å². The number of carbonyl (C=O) groups is 3. The molecule has 1 aromatic carbocycles. The first-order valence-electron chi connectivity index (χ1n) is 6.68. The second-order valence-electron chi connectivity index (χ2n) is 5.58. The minimum atomic E-state index is -0.794. The van der Waals surface area contributed by atoms with Gasteiger partial charge >= 0.3 is 5.97 Å². The monoisotopic (exact) mass is 290 g/mol. The Kier molecular flexibility index (Phi) is 3.97. The third-order valence-corrected chi connectivity index (χ3v) is 3.38. The molecule has 1 atom stereocenters. The molecule has 1 aliphatic heterocycles. The van der Waals surface area contributed by atoms with E-state index in [0.717, 1.165) is 0 Å². The minimum Gasteiger partial charge on any atom is -0.459 e. The van der Waals surface area contributed by atoms with Gasteiger partial charge in [-0.05, 0) is 38.1 Å². The number of cyclic esters (lactones) is 1. The number of esters is 1. The molecule has 1 fully saturated rings. The van der Waals surface area contributed by atoms with Gasteiger partial charge in [0.05, 0.1) is 12.3 Å². The molecule has 1 aromatic rings. The van der Waals surface area contributed by atoms with Crippen LogP contribution in [0.3, 0.4) is 0 Å². The van der Waals surface area contributed by atoms with Crippen LogP contribution in [0.1, 0.15) is 27.2 Å². The number of benzene rings is 1. The van der Waals surface area contributed by atoms with Crippen molar-refractivity contribution in [3.05, 3.63) is 24.3 Å². The van der Waals surface area contributed by atoms with E-state index >= 15 is 0 Å². The fourth-order valence-electron chi connectivity index (χ4n) is 2.30. The van der Waals surface area contributed by atoms with Crippen LogP contribution in [-0.4, -0.2) is 23.4 Å². The van der Waals surface area contributed by atoms with Crippen LogP contribution < -0.4 is 10.6 Å². The lowest BCUT2D eigenvalue weighted by molar-refractivity contribution is -0.147. The molecule has 2 amide bonds. The van der Waals surface area contributed by atoms with Gasteiger partial charge in [0.1, 0.15) is 5.60 Å². The summed E-state index contributed by atoms with van der Waals surface area (Å²) in [6, 6.07) is 6.76. The van der Waals surface area contributed by atoms with Gasteiger partial charge in [0, 0.05) is 18.3 Å². The Morgan fingerprint density at radius 3 is 2.10 bits per heavy atom. The van der Waals surface area contributed by atoms with Gasteiger partial charge in [0.25, 0.3) is 0 Å². The molecule has 0 radical (unpaired) electrons. The molecule has 1 saturated heterocycles. The van der Waals surface area contributed by atoms with Crippen molar-refractivity contribution in [2.45, 2.75) is 32.8 Å². The maximum atomic E-state index is 12.2.